The molecule has 8 heteroatoms. The van der Waals surface area contributed by atoms with Crippen molar-refractivity contribution in [1.29, 1.82) is 0 Å². The average Bonchev–Trinajstić information content (AvgIpc) is 2.83. The molecule has 0 saturated carbocycles. The van der Waals surface area contributed by atoms with Gasteiger partial charge in [-0.3, -0.25) is 14.5 Å². The van der Waals surface area contributed by atoms with Gasteiger partial charge in [0.1, 0.15) is 11.5 Å². The molecule has 170 valence electrons. The summed E-state index contributed by atoms with van der Waals surface area (Å²) in [6.07, 6.45) is 0.342. The van der Waals surface area contributed by atoms with Gasteiger partial charge in [-0.05, 0) is 30.3 Å². The van der Waals surface area contributed by atoms with E-state index >= 15 is 0 Å². The second-order valence-electron chi connectivity index (χ2n) is 7.89. The van der Waals surface area contributed by atoms with Crippen LogP contribution >= 0.6 is 11.8 Å². The molecule has 2 aliphatic heterocycles. The fourth-order valence-corrected chi connectivity index (χ4v) is 5.10. The Bertz CT molecular complexity index is 975. The molecule has 0 radical (unpaired) electrons. The predicted octanol–water partition coefficient (Wildman–Crippen LogP) is 2.88. The van der Waals surface area contributed by atoms with Crippen LogP contribution in [0, 0.1) is 0 Å². The van der Waals surface area contributed by atoms with Gasteiger partial charge in [-0.2, -0.15) is 0 Å². The summed E-state index contributed by atoms with van der Waals surface area (Å²) in [4.78, 5) is 32.3. The van der Waals surface area contributed by atoms with E-state index in [0.717, 1.165) is 47.3 Å². The van der Waals surface area contributed by atoms with E-state index in [1.165, 1.54) is 0 Å². The highest BCUT2D eigenvalue weighted by Gasteiger charge is 2.27. The van der Waals surface area contributed by atoms with Gasteiger partial charge in [-0.1, -0.05) is 12.1 Å². The van der Waals surface area contributed by atoms with Crippen LogP contribution in [-0.2, 0) is 16.1 Å². The van der Waals surface area contributed by atoms with Crippen molar-refractivity contribution in [1.82, 2.24) is 9.80 Å². The molecule has 32 heavy (non-hydrogen) atoms. The zero-order valence-corrected chi connectivity index (χ0v) is 19.4. The minimum absolute atomic E-state index is 0.0681. The smallest absolute Gasteiger partial charge is 0.237 e. The highest BCUT2D eigenvalue weighted by molar-refractivity contribution is 8.00. The molecule has 0 N–H and O–H groups in total. The molecule has 0 atom stereocenters. The SMILES string of the molecule is COc1ccc(OC)c(CN2CCN(C(=O)CCN3C(=O)CSc4ccccc43)CC2)c1. The largest absolute Gasteiger partial charge is 0.497 e. The summed E-state index contributed by atoms with van der Waals surface area (Å²) in [5.74, 6) is 2.25. The fraction of sp³-hybridized carbons (Fsp3) is 0.417. The number of hydrogen-bond donors (Lipinski definition) is 0. The summed E-state index contributed by atoms with van der Waals surface area (Å²) in [6.45, 7) is 4.15. The molecule has 0 aliphatic carbocycles. The number of methoxy groups -OCH3 is 2. The van der Waals surface area contributed by atoms with E-state index in [-0.39, 0.29) is 11.8 Å². The first-order chi connectivity index (χ1) is 15.6. The van der Waals surface area contributed by atoms with E-state index in [9.17, 15) is 9.59 Å². The lowest BCUT2D eigenvalue weighted by molar-refractivity contribution is -0.132. The van der Waals surface area contributed by atoms with Crippen molar-refractivity contribution in [3.05, 3.63) is 48.0 Å². The minimum Gasteiger partial charge on any atom is -0.497 e. The summed E-state index contributed by atoms with van der Waals surface area (Å²) in [6, 6.07) is 13.7. The number of nitrogens with zero attached hydrogens (tertiary/aromatic N) is 3. The second-order valence-corrected chi connectivity index (χ2v) is 8.90. The van der Waals surface area contributed by atoms with Crippen LogP contribution in [0.15, 0.2) is 47.4 Å². The van der Waals surface area contributed by atoms with Crippen LogP contribution in [0.25, 0.3) is 0 Å². The van der Waals surface area contributed by atoms with Gasteiger partial charge in [0.25, 0.3) is 0 Å². The topological polar surface area (TPSA) is 62.3 Å². The van der Waals surface area contributed by atoms with Gasteiger partial charge in [0.05, 0.1) is 25.7 Å². The Balaban J connectivity index is 1.30. The van der Waals surface area contributed by atoms with Crippen LogP contribution in [0.1, 0.15) is 12.0 Å². The van der Waals surface area contributed by atoms with Crippen LogP contribution in [0.3, 0.4) is 0 Å². The summed E-state index contributed by atoms with van der Waals surface area (Å²) in [7, 11) is 3.33. The van der Waals surface area contributed by atoms with E-state index in [4.69, 9.17) is 9.47 Å². The Morgan fingerprint density at radius 2 is 1.81 bits per heavy atom. The number of rotatable bonds is 7. The van der Waals surface area contributed by atoms with E-state index < -0.39 is 0 Å². The van der Waals surface area contributed by atoms with Gasteiger partial charge in [-0.25, -0.2) is 0 Å². The second kappa shape index (κ2) is 10.3. The number of thioether (sulfide) groups is 1. The van der Waals surface area contributed by atoms with Crippen molar-refractivity contribution in [2.75, 3.05) is 57.6 Å². The Morgan fingerprint density at radius 3 is 2.56 bits per heavy atom. The lowest BCUT2D eigenvalue weighted by Crippen LogP contribution is -2.49. The summed E-state index contributed by atoms with van der Waals surface area (Å²) < 4.78 is 10.8. The number of para-hydroxylation sites is 1. The number of piperazine rings is 1. The van der Waals surface area contributed by atoms with Crippen molar-refractivity contribution in [3.63, 3.8) is 0 Å². The third kappa shape index (κ3) is 5.02. The standard InChI is InChI=1S/C24H29N3O4S/c1-30-19-7-8-21(31-2)18(15-19)16-25-11-13-26(14-12-25)23(28)9-10-27-20-5-3-4-6-22(20)32-17-24(27)29/h3-8,15H,9-14,16-17H2,1-2H3. The molecule has 2 heterocycles. The average molecular weight is 456 g/mol. The molecule has 2 aromatic rings. The first-order valence-corrected chi connectivity index (χ1v) is 11.8. The Morgan fingerprint density at radius 1 is 1.03 bits per heavy atom. The zero-order valence-electron chi connectivity index (χ0n) is 18.6. The predicted molar refractivity (Wildman–Crippen MR) is 126 cm³/mol. The van der Waals surface area contributed by atoms with Crippen molar-refractivity contribution in [2.24, 2.45) is 0 Å². The van der Waals surface area contributed by atoms with Gasteiger partial charge >= 0.3 is 0 Å². The van der Waals surface area contributed by atoms with Crippen LogP contribution < -0.4 is 14.4 Å². The maximum atomic E-state index is 12.8. The highest BCUT2D eigenvalue weighted by Crippen LogP contribution is 2.35. The molecule has 2 amide bonds. The normalized spacial score (nSPS) is 16.6. The first-order valence-electron chi connectivity index (χ1n) is 10.8. The van der Waals surface area contributed by atoms with E-state index in [1.807, 2.05) is 47.4 Å². The van der Waals surface area contributed by atoms with E-state index in [1.54, 1.807) is 30.9 Å². The van der Waals surface area contributed by atoms with Crippen molar-refractivity contribution in [2.45, 2.75) is 17.9 Å². The lowest BCUT2D eigenvalue weighted by Gasteiger charge is -2.35. The molecule has 1 saturated heterocycles. The van der Waals surface area contributed by atoms with Gasteiger partial charge in [0.15, 0.2) is 0 Å². The molecule has 7 nitrogen and oxygen atoms in total. The lowest BCUT2D eigenvalue weighted by atomic mass is 10.1. The molecule has 0 aromatic heterocycles. The monoisotopic (exact) mass is 455 g/mol. The summed E-state index contributed by atoms with van der Waals surface area (Å²) in [5, 5.41) is 0. The molecular weight excluding hydrogens is 426 g/mol. The zero-order chi connectivity index (χ0) is 22.5. The number of fused-ring (bicyclic) bond motifs is 1. The van der Waals surface area contributed by atoms with Gasteiger partial charge in [0, 0.05) is 56.1 Å². The molecule has 0 spiro atoms. The number of carbonyl (C=O) groups is 2. The maximum absolute atomic E-state index is 12.8. The summed E-state index contributed by atoms with van der Waals surface area (Å²) in [5.41, 5.74) is 1.99. The molecule has 1 fully saturated rings. The molecular formula is C24H29N3O4S. The van der Waals surface area contributed by atoms with Crippen LogP contribution in [0.5, 0.6) is 11.5 Å². The third-order valence-corrected chi connectivity index (χ3v) is 7.01. The number of carbonyl (C=O) groups excluding carboxylic acids is 2. The third-order valence-electron chi connectivity index (χ3n) is 5.96. The van der Waals surface area contributed by atoms with E-state index in [0.29, 0.717) is 31.8 Å². The molecule has 0 unspecified atom stereocenters. The van der Waals surface area contributed by atoms with Gasteiger partial charge < -0.3 is 19.3 Å². The van der Waals surface area contributed by atoms with Crippen LogP contribution in [0.4, 0.5) is 5.69 Å². The maximum Gasteiger partial charge on any atom is 0.237 e. The Labute approximate surface area is 193 Å². The van der Waals surface area contributed by atoms with Crippen molar-refractivity contribution in [3.8, 4) is 11.5 Å². The van der Waals surface area contributed by atoms with Crippen LogP contribution in [-0.4, -0.2) is 74.3 Å². The van der Waals surface area contributed by atoms with Gasteiger partial charge in [0.2, 0.25) is 11.8 Å². The Hall–Kier alpha value is -2.71. The van der Waals surface area contributed by atoms with Gasteiger partial charge in [-0.15, -0.1) is 11.8 Å². The number of amides is 2. The summed E-state index contributed by atoms with van der Waals surface area (Å²) >= 11 is 1.56. The molecule has 2 aliphatic rings. The number of anilines is 1. The van der Waals surface area contributed by atoms with Crippen molar-refractivity contribution < 1.29 is 19.1 Å². The highest BCUT2D eigenvalue weighted by atomic mass is 32.2. The molecule has 2 aromatic carbocycles. The first kappa shape index (κ1) is 22.5. The van der Waals surface area contributed by atoms with Crippen LogP contribution in [0.2, 0.25) is 0 Å². The fourth-order valence-electron chi connectivity index (χ4n) is 4.17. The van der Waals surface area contributed by atoms with E-state index in [2.05, 4.69) is 4.90 Å². The number of ether oxygens (including phenoxy) is 2. The quantitative estimate of drug-likeness (QED) is 0.640. The number of hydrogen-bond acceptors (Lipinski definition) is 6. The molecule has 4 rings (SSSR count). The number of benzene rings is 2. The van der Waals surface area contributed by atoms with Crippen molar-refractivity contribution >= 4 is 29.3 Å². The Kier molecular flexibility index (Phi) is 7.22. The molecule has 0 bridgehead atoms. The minimum atomic E-state index is 0.0681.